The molecule has 0 saturated carbocycles. The van der Waals surface area contributed by atoms with Gasteiger partial charge in [-0.05, 0) is 75.0 Å². The topological polar surface area (TPSA) is 445 Å². The molecule has 2 aromatic heterocycles. The summed E-state index contributed by atoms with van der Waals surface area (Å²) in [6, 6.07) is -6.27. The molecular weight excluding hydrogens is 1020 g/mol. The van der Waals surface area contributed by atoms with Gasteiger partial charge in [-0.3, -0.25) is 47.9 Å². The fourth-order valence-corrected chi connectivity index (χ4v) is 8.52. The van der Waals surface area contributed by atoms with Crippen molar-refractivity contribution in [1.82, 2.24) is 62.1 Å². The molecule has 4 rings (SSSR count). The Morgan fingerprint density at radius 3 is 1.65 bits per heavy atom. The third kappa shape index (κ3) is 19.9. The van der Waals surface area contributed by atoms with Crippen LogP contribution in [0.25, 0.3) is 0 Å². The second-order valence-electron chi connectivity index (χ2n) is 20.0. The van der Waals surface area contributed by atoms with Crippen LogP contribution in [0.1, 0.15) is 96.5 Å². The van der Waals surface area contributed by atoms with Gasteiger partial charge in [0.1, 0.15) is 54.1 Å². The summed E-state index contributed by atoms with van der Waals surface area (Å²) in [7, 11) is 0. The Morgan fingerprint density at radius 1 is 0.641 bits per heavy atom. The number of hydrogen-bond acceptors (Lipinski definition) is 15. The lowest BCUT2D eigenvalue weighted by molar-refractivity contribution is -0.143. The minimum atomic E-state index is -1.77. The Balaban J connectivity index is 1.51. The standard InChI is InChI=1S/C50H72N14O14/c1-25(2)15-34(59-47(74)36(19-30-22-54-24-56-30)62-48(75)39-7-6-14-64(39)49(76)32(51)17-28-8-10-31(65)11-9-28)45(72)60-35(18-29-21-53-23-55-29)46(73)61-37(20-40(52)66)44(71)57-27(5)42(69)58-33(12-13-41(67)68)43(70)63-38(50(77)78)16-26(3)4/h8-11,21-27,32-39,65H,6-7,12-20,51H2,1-5H3,(H2,52,66)(H,53,55)(H,54,56)(H,57,71)(H,58,69)(H,59,74)(H,60,72)(H,61,73)(H,62,75)(H,63,70)(H,67,68)(H,77,78)/t27-,32-,33-,34-,35-,36-,37-,38-,39-/m0/s1. The second kappa shape index (κ2) is 29.8. The van der Waals surface area contributed by atoms with Crippen molar-refractivity contribution in [2.24, 2.45) is 23.3 Å². The largest absolute Gasteiger partial charge is 0.508 e. The minimum Gasteiger partial charge on any atom is -0.508 e. The Labute approximate surface area is 449 Å². The number of carboxylic acids is 2. The van der Waals surface area contributed by atoms with Crippen LogP contribution in [0.2, 0.25) is 0 Å². The molecule has 0 unspecified atom stereocenters. The quantitative estimate of drug-likeness (QED) is 0.0317. The smallest absolute Gasteiger partial charge is 0.326 e. The van der Waals surface area contributed by atoms with Gasteiger partial charge in [0.05, 0.1) is 25.1 Å². The summed E-state index contributed by atoms with van der Waals surface area (Å²) >= 11 is 0. The number of rotatable bonds is 31. The van der Waals surface area contributed by atoms with Crippen LogP contribution in [0.15, 0.2) is 49.3 Å². The second-order valence-corrected chi connectivity index (χ2v) is 20.0. The summed E-state index contributed by atoms with van der Waals surface area (Å²) < 4.78 is 0. The highest BCUT2D eigenvalue weighted by atomic mass is 16.4. The monoisotopic (exact) mass is 1090 g/mol. The van der Waals surface area contributed by atoms with Crippen molar-refractivity contribution in [2.45, 2.75) is 153 Å². The summed E-state index contributed by atoms with van der Waals surface area (Å²) in [6.45, 7) is 8.38. The molecule has 1 aliphatic heterocycles. The van der Waals surface area contributed by atoms with Crippen LogP contribution in [0, 0.1) is 11.8 Å². The van der Waals surface area contributed by atoms with Crippen molar-refractivity contribution >= 4 is 65.1 Å². The van der Waals surface area contributed by atoms with Gasteiger partial charge in [0.15, 0.2) is 0 Å². The predicted octanol–water partition coefficient (Wildman–Crippen LogP) is -2.48. The Bertz CT molecular complexity index is 2560. The van der Waals surface area contributed by atoms with E-state index in [1.54, 1.807) is 39.8 Å². The van der Waals surface area contributed by atoms with E-state index in [4.69, 9.17) is 11.5 Å². The highest BCUT2D eigenvalue weighted by Crippen LogP contribution is 2.21. The molecule has 0 aliphatic carbocycles. The van der Waals surface area contributed by atoms with Crippen molar-refractivity contribution in [3.63, 3.8) is 0 Å². The number of primary amides is 1. The number of aromatic hydroxyl groups is 1. The minimum absolute atomic E-state index is 0.00802. The van der Waals surface area contributed by atoms with Gasteiger partial charge in [0.25, 0.3) is 0 Å². The number of aromatic amines is 2. The third-order valence-electron chi connectivity index (χ3n) is 12.5. The van der Waals surface area contributed by atoms with E-state index in [1.807, 2.05) is 0 Å². The van der Waals surface area contributed by atoms with E-state index < -0.39 is 139 Å². The number of carbonyl (C=O) groups excluding carboxylic acids is 9. The molecule has 78 heavy (non-hydrogen) atoms. The number of amides is 9. The van der Waals surface area contributed by atoms with Crippen molar-refractivity contribution in [1.29, 1.82) is 0 Å². The van der Waals surface area contributed by atoms with Crippen LogP contribution in [0.4, 0.5) is 0 Å². The molecule has 1 aromatic carbocycles. The summed E-state index contributed by atoms with van der Waals surface area (Å²) in [5, 5.41) is 46.0. The van der Waals surface area contributed by atoms with Crippen LogP contribution < -0.4 is 48.7 Å². The number of likely N-dealkylation sites (tertiary alicyclic amines) is 1. The number of nitrogens with two attached hydrogens (primary N) is 2. The number of imidazole rings is 2. The molecule has 3 aromatic rings. The lowest BCUT2D eigenvalue weighted by Crippen LogP contribution is -2.61. The van der Waals surface area contributed by atoms with Gasteiger partial charge < -0.3 is 78.9 Å². The summed E-state index contributed by atoms with van der Waals surface area (Å²) in [4.78, 5) is 161. The van der Waals surface area contributed by atoms with Crippen LogP contribution in [-0.4, -0.2) is 166 Å². The number of nitrogens with zero attached hydrogens (tertiary/aromatic N) is 3. The fraction of sp³-hybridized carbons (Fsp3) is 0.540. The van der Waals surface area contributed by atoms with Crippen LogP contribution in [0.5, 0.6) is 5.75 Å². The van der Waals surface area contributed by atoms with E-state index in [0.29, 0.717) is 23.4 Å². The van der Waals surface area contributed by atoms with Gasteiger partial charge in [0, 0.05) is 49.6 Å². The first kappa shape index (κ1) is 62.1. The highest BCUT2D eigenvalue weighted by molar-refractivity contribution is 5.99. The molecule has 0 radical (unpaired) electrons. The molecular formula is C50H72N14O14. The SMILES string of the molecule is CC(C)C[C@H](NC(=O)[C@H](CCC(=O)O)NC(=O)[C@H](C)NC(=O)[C@H](CC(N)=O)NC(=O)[C@H](Cc1cnc[nH]1)NC(=O)[C@H](CC(C)C)NC(=O)[C@H](Cc1cnc[nH]1)NC(=O)[C@@H]1CCCN1C(=O)[C@@H](N)Cc1ccc(O)cc1)C(=O)O. The lowest BCUT2D eigenvalue weighted by Gasteiger charge is -2.29. The van der Waals surface area contributed by atoms with Crippen molar-refractivity contribution in [3.8, 4) is 5.75 Å². The number of hydrogen-bond donors (Lipinski definition) is 14. The van der Waals surface area contributed by atoms with E-state index in [9.17, 15) is 68.1 Å². The van der Waals surface area contributed by atoms with Gasteiger partial charge in [-0.2, -0.15) is 0 Å². The number of H-pyrrole nitrogens is 2. The maximum atomic E-state index is 14.3. The first-order valence-corrected chi connectivity index (χ1v) is 25.5. The number of aromatic nitrogens is 4. The molecule has 28 nitrogen and oxygen atoms in total. The van der Waals surface area contributed by atoms with E-state index in [0.717, 1.165) is 0 Å². The van der Waals surface area contributed by atoms with Gasteiger partial charge >= 0.3 is 11.9 Å². The molecule has 1 fully saturated rings. The Kier molecular flexibility index (Phi) is 23.7. The van der Waals surface area contributed by atoms with E-state index in [1.165, 1.54) is 49.0 Å². The Hall–Kier alpha value is -8.43. The molecule has 3 heterocycles. The number of carboxylic acid groups (broad SMARTS) is 2. The number of nitrogens with one attached hydrogen (secondary N) is 9. The van der Waals surface area contributed by atoms with E-state index in [-0.39, 0.29) is 62.7 Å². The molecule has 426 valence electrons. The zero-order valence-corrected chi connectivity index (χ0v) is 44.1. The van der Waals surface area contributed by atoms with Gasteiger partial charge in [0.2, 0.25) is 53.2 Å². The van der Waals surface area contributed by atoms with Gasteiger partial charge in [-0.25, -0.2) is 14.8 Å². The average molecular weight is 1090 g/mol. The molecule has 0 spiro atoms. The number of phenols is 1. The zero-order valence-electron chi connectivity index (χ0n) is 44.1. The number of benzene rings is 1. The maximum absolute atomic E-state index is 14.3. The van der Waals surface area contributed by atoms with Crippen LogP contribution in [0.3, 0.4) is 0 Å². The number of carbonyl (C=O) groups is 11. The summed E-state index contributed by atoms with van der Waals surface area (Å²) in [6.07, 6.45) is 4.07. The van der Waals surface area contributed by atoms with Crippen molar-refractivity contribution in [3.05, 3.63) is 66.3 Å². The number of phenolic OH excluding ortho intramolecular Hbond substituents is 1. The molecule has 9 amide bonds. The molecule has 1 saturated heterocycles. The van der Waals surface area contributed by atoms with E-state index >= 15 is 0 Å². The number of aliphatic carboxylic acids is 2. The first-order valence-electron chi connectivity index (χ1n) is 25.5. The summed E-state index contributed by atoms with van der Waals surface area (Å²) in [5.41, 5.74) is 13.2. The van der Waals surface area contributed by atoms with Gasteiger partial charge in [-0.1, -0.05) is 39.8 Å². The first-order chi connectivity index (χ1) is 36.8. The van der Waals surface area contributed by atoms with E-state index in [2.05, 4.69) is 57.2 Å². The highest BCUT2D eigenvalue weighted by Gasteiger charge is 2.39. The average Bonchev–Trinajstić information content (AvgIpc) is 4.20. The fourth-order valence-electron chi connectivity index (χ4n) is 8.52. The normalized spacial score (nSPS) is 16.3. The Morgan fingerprint density at radius 2 is 1.13 bits per heavy atom. The van der Waals surface area contributed by atoms with Crippen molar-refractivity contribution in [2.75, 3.05) is 6.54 Å². The lowest BCUT2D eigenvalue weighted by atomic mass is 10.0. The van der Waals surface area contributed by atoms with Gasteiger partial charge in [-0.15, -0.1) is 0 Å². The zero-order chi connectivity index (χ0) is 57.8. The third-order valence-corrected chi connectivity index (χ3v) is 12.5. The molecule has 1 aliphatic rings. The molecule has 0 bridgehead atoms. The van der Waals surface area contributed by atoms with Crippen LogP contribution >= 0.6 is 0 Å². The molecule has 28 heteroatoms. The predicted molar refractivity (Wildman–Crippen MR) is 276 cm³/mol. The maximum Gasteiger partial charge on any atom is 0.326 e. The van der Waals surface area contributed by atoms with Crippen LogP contribution in [-0.2, 0) is 72.0 Å². The van der Waals surface area contributed by atoms with Crippen molar-refractivity contribution < 1.29 is 68.1 Å². The molecule has 9 atom stereocenters. The summed E-state index contributed by atoms with van der Waals surface area (Å²) in [5.74, 6) is -11.1. The molecule has 16 N–H and O–H groups in total.